The molecular weight excluding hydrogens is 170 g/mol. The van der Waals surface area contributed by atoms with Gasteiger partial charge in [-0.1, -0.05) is 0 Å². The lowest BCUT2D eigenvalue weighted by molar-refractivity contribution is -0.146. The average molecular weight is 185 g/mol. The van der Waals surface area contributed by atoms with Crippen LogP contribution in [0.25, 0.3) is 0 Å². The van der Waals surface area contributed by atoms with E-state index in [0.29, 0.717) is 5.92 Å². The van der Waals surface area contributed by atoms with Crippen molar-refractivity contribution in [3.8, 4) is 0 Å². The lowest BCUT2D eigenvalue weighted by Gasteiger charge is -2.31. The van der Waals surface area contributed by atoms with Crippen molar-refractivity contribution in [2.24, 2.45) is 5.92 Å². The van der Waals surface area contributed by atoms with E-state index in [2.05, 4.69) is 5.32 Å². The van der Waals surface area contributed by atoms with Gasteiger partial charge in [0, 0.05) is 12.5 Å². The Hall–Kier alpha value is -0.610. The third kappa shape index (κ3) is 1.56. The van der Waals surface area contributed by atoms with Crippen LogP contribution in [0.4, 0.5) is 0 Å². The van der Waals surface area contributed by atoms with Crippen LogP contribution in [0.1, 0.15) is 12.8 Å². The second-order valence-corrected chi connectivity index (χ2v) is 3.61. The van der Waals surface area contributed by atoms with Gasteiger partial charge in [0.05, 0.1) is 13.2 Å². The quantitative estimate of drug-likeness (QED) is 0.581. The molecule has 74 valence electrons. The molecule has 1 unspecified atom stereocenters. The van der Waals surface area contributed by atoms with E-state index >= 15 is 0 Å². The lowest BCUT2D eigenvalue weighted by Crippen LogP contribution is -2.51. The van der Waals surface area contributed by atoms with Crippen LogP contribution in [0.15, 0.2) is 0 Å². The molecule has 2 saturated heterocycles. The largest absolute Gasteiger partial charge is 0.468 e. The van der Waals surface area contributed by atoms with Crippen LogP contribution >= 0.6 is 0 Å². The topological polar surface area (TPSA) is 47.6 Å². The molecule has 0 saturated carbocycles. The number of methoxy groups -OCH3 is 1. The third-order valence-corrected chi connectivity index (χ3v) is 2.94. The lowest BCUT2D eigenvalue weighted by atomic mass is 9.88. The fourth-order valence-electron chi connectivity index (χ4n) is 2.26. The van der Waals surface area contributed by atoms with Crippen molar-refractivity contribution < 1.29 is 14.3 Å². The predicted octanol–water partition coefficient (Wildman–Crippen LogP) is -0.0736. The Morgan fingerprint density at radius 3 is 3.15 bits per heavy atom. The number of carbonyl (C=O) groups excluding carboxylic acids is 1. The summed E-state index contributed by atoms with van der Waals surface area (Å²) in [4.78, 5) is 11.4. The summed E-state index contributed by atoms with van der Waals surface area (Å²) in [6.07, 6.45) is 2.25. The maximum absolute atomic E-state index is 11.4. The van der Waals surface area contributed by atoms with Crippen LogP contribution in [-0.4, -0.2) is 38.4 Å². The fourth-order valence-corrected chi connectivity index (χ4v) is 2.26. The van der Waals surface area contributed by atoms with Gasteiger partial charge < -0.3 is 14.8 Å². The zero-order valence-corrected chi connectivity index (χ0v) is 7.79. The molecule has 2 aliphatic rings. The fraction of sp³-hybridized carbons (Fsp3) is 0.889. The molecule has 0 radical (unpaired) electrons. The minimum atomic E-state index is -0.153. The number of hydrogen-bond acceptors (Lipinski definition) is 4. The van der Waals surface area contributed by atoms with E-state index in [0.717, 1.165) is 26.0 Å². The molecule has 2 rings (SSSR count). The summed E-state index contributed by atoms with van der Waals surface area (Å²) in [6.45, 7) is 1.63. The summed E-state index contributed by atoms with van der Waals surface area (Å²) in [6, 6.07) is -0.147. The molecule has 2 aliphatic heterocycles. The van der Waals surface area contributed by atoms with Crippen LogP contribution in [0, 0.1) is 5.92 Å². The molecule has 3 atom stereocenters. The standard InChI is InChI=1S/C9H15NO3/c1-12-9(11)8-6-3-5-13-7(6)2-4-10-8/h6-8,10H,2-5H2,1H3/t6-,7-,8?/m0/s1. The van der Waals surface area contributed by atoms with Crippen LogP contribution < -0.4 is 5.32 Å². The molecule has 0 aromatic carbocycles. The number of piperidine rings is 1. The smallest absolute Gasteiger partial charge is 0.323 e. The number of ether oxygens (including phenoxy) is 2. The van der Waals surface area contributed by atoms with Crippen LogP contribution in [-0.2, 0) is 14.3 Å². The summed E-state index contributed by atoms with van der Waals surface area (Å²) in [5.41, 5.74) is 0. The van der Waals surface area contributed by atoms with Gasteiger partial charge in [-0.15, -0.1) is 0 Å². The first-order valence-corrected chi connectivity index (χ1v) is 4.75. The first kappa shape index (κ1) is 8.97. The van der Waals surface area contributed by atoms with Gasteiger partial charge in [-0.05, 0) is 19.4 Å². The summed E-state index contributed by atoms with van der Waals surface area (Å²) in [5, 5.41) is 3.19. The molecule has 0 aliphatic carbocycles. The molecule has 0 bridgehead atoms. The van der Waals surface area contributed by atoms with E-state index in [4.69, 9.17) is 9.47 Å². The first-order chi connectivity index (χ1) is 6.33. The van der Waals surface area contributed by atoms with Crippen LogP contribution in [0.5, 0.6) is 0 Å². The van der Waals surface area contributed by atoms with E-state index in [9.17, 15) is 4.79 Å². The number of hydrogen-bond donors (Lipinski definition) is 1. The van der Waals surface area contributed by atoms with Gasteiger partial charge in [-0.3, -0.25) is 4.79 Å². The highest BCUT2D eigenvalue weighted by Crippen LogP contribution is 2.29. The Morgan fingerprint density at radius 1 is 1.54 bits per heavy atom. The maximum atomic E-state index is 11.4. The van der Waals surface area contributed by atoms with Crippen LogP contribution in [0.2, 0.25) is 0 Å². The average Bonchev–Trinajstić information content (AvgIpc) is 2.63. The zero-order valence-electron chi connectivity index (χ0n) is 7.79. The molecule has 2 fully saturated rings. The number of nitrogens with one attached hydrogen (secondary N) is 1. The second-order valence-electron chi connectivity index (χ2n) is 3.61. The SMILES string of the molecule is COC(=O)C1NCC[C@@H]2OCC[C@H]12. The first-order valence-electron chi connectivity index (χ1n) is 4.75. The number of rotatable bonds is 1. The van der Waals surface area contributed by atoms with Gasteiger partial charge in [-0.2, -0.15) is 0 Å². The summed E-state index contributed by atoms with van der Waals surface area (Å²) in [5.74, 6) is 0.168. The normalized spacial score (nSPS) is 38.4. The van der Waals surface area contributed by atoms with E-state index in [1.165, 1.54) is 7.11 Å². The third-order valence-electron chi connectivity index (χ3n) is 2.94. The Morgan fingerprint density at radius 2 is 2.38 bits per heavy atom. The molecule has 1 N–H and O–H groups in total. The van der Waals surface area contributed by atoms with E-state index in [1.54, 1.807) is 0 Å². The van der Waals surface area contributed by atoms with Gasteiger partial charge in [0.2, 0.25) is 0 Å². The molecule has 0 spiro atoms. The highest BCUT2D eigenvalue weighted by molar-refractivity contribution is 5.76. The Balaban J connectivity index is 2.05. The van der Waals surface area contributed by atoms with E-state index < -0.39 is 0 Å². The number of fused-ring (bicyclic) bond motifs is 1. The summed E-state index contributed by atoms with van der Waals surface area (Å²) >= 11 is 0. The van der Waals surface area contributed by atoms with Crippen molar-refractivity contribution in [1.82, 2.24) is 5.32 Å². The molecule has 0 aromatic rings. The van der Waals surface area contributed by atoms with Gasteiger partial charge >= 0.3 is 5.97 Å². The second kappa shape index (κ2) is 3.64. The van der Waals surface area contributed by atoms with Crippen molar-refractivity contribution in [2.75, 3.05) is 20.3 Å². The summed E-state index contributed by atoms with van der Waals surface area (Å²) in [7, 11) is 1.43. The highest BCUT2D eigenvalue weighted by Gasteiger charge is 2.41. The van der Waals surface area contributed by atoms with Crippen molar-refractivity contribution >= 4 is 5.97 Å². The summed E-state index contributed by atoms with van der Waals surface area (Å²) < 4.78 is 10.3. The van der Waals surface area contributed by atoms with Crippen molar-refractivity contribution in [1.29, 1.82) is 0 Å². The molecule has 13 heavy (non-hydrogen) atoms. The number of carbonyl (C=O) groups is 1. The van der Waals surface area contributed by atoms with Crippen LogP contribution in [0.3, 0.4) is 0 Å². The minimum Gasteiger partial charge on any atom is -0.468 e. The van der Waals surface area contributed by atoms with Crippen molar-refractivity contribution in [3.05, 3.63) is 0 Å². The predicted molar refractivity (Wildman–Crippen MR) is 46.3 cm³/mol. The monoisotopic (exact) mass is 185 g/mol. The van der Waals surface area contributed by atoms with Gasteiger partial charge in [0.1, 0.15) is 6.04 Å². The van der Waals surface area contributed by atoms with Crippen molar-refractivity contribution in [3.63, 3.8) is 0 Å². The van der Waals surface area contributed by atoms with Gasteiger partial charge in [-0.25, -0.2) is 0 Å². The highest BCUT2D eigenvalue weighted by atomic mass is 16.5. The van der Waals surface area contributed by atoms with Crippen molar-refractivity contribution in [2.45, 2.75) is 25.0 Å². The Labute approximate surface area is 77.6 Å². The van der Waals surface area contributed by atoms with E-state index in [-0.39, 0.29) is 18.1 Å². The zero-order chi connectivity index (χ0) is 9.26. The van der Waals surface area contributed by atoms with Gasteiger partial charge in [0.15, 0.2) is 0 Å². The molecule has 0 aromatic heterocycles. The Bertz CT molecular complexity index is 207. The molecular formula is C9H15NO3. The van der Waals surface area contributed by atoms with Gasteiger partial charge in [0.25, 0.3) is 0 Å². The molecule has 2 heterocycles. The minimum absolute atomic E-state index is 0.147. The Kier molecular flexibility index (Phi) is 2.51. The molecule has 0 amide bonds. The molecule has 4 nitrogen and oxygen atoms in total. The van der Waals surface area contributed by atoms with E-state index in [1.807, 2.05) is 0 Å². The molecule has 4 heteroatoms. The number of esters is 1. The maximum Gasteiger partial charge on any atom is 0.323 e.